The third-order valence-corrected chi connectivity index (χ3v) is 1.33. The number of halogens is 2. The topological polar surface area (TPSA) is 0 Å². The second kappa shape index (κ2) is 4.46. The first-order valence-corrected chi connectivity index (χ1v) is 3.07. The van der Waals surface area contributed by atoms with Crippen LogP contribution in [-0.4, -0.2) is 21.7 Å². The Bertz CT molecular complexity index is 173. The van der Waals surface area contributed by atoms with Gasteiger partial charge in [0.25, 0.3) is 0 Å². The molecule has 0 aliphatic heterocycles. The summed E-state index contributed by atoms with van der Waals surface area (Å²) in [6.07, 6.45) is 0. The van der Waals surface area contributed by atoms with Crippen LogP contribution in [0.2, 0.25) is 0 Å². The summed E-state index contributed by atoms with van der Waals surface area (Å²) < 4.78 is 13.2. The van der Waals surface area contributed by atoms with Gasteiger partial charge in [0.2, 0.25) is 0 Å². The predicted octanol–water partition coefficient (Wildman–Crippen LogP) is -2.38. The van der Waals surface area contributed by atoms with Gasteiger partial charge in [-0.1, -0.05) is 0 Å². The zero-order chi connectivity index (χ0) is 5.98. The second-order valence-corrected chi connectivity index (χ2v) is 2.45. The molecule has 0 nitrogen and oxygen atoms in total. The molecule has 0 heterocycles. The average molecular weight is 246 g/mol. The van der Waals surface area contributed by atoms with Gasteiger partial charge in [-0.05, 0) is 0 Å². The van der Waals surface area contributed by atoms with Crippen LogP contribution in [0.15, 0.2) is 24.3 Å². The Morgan fingerprint density at radius 2 is 2.00 bits per heavy atom. The monoisotopic (exact) mass is 246 g/mol. The molecule has 9 heavy (non-hydrogen) atoms. The maximum atomic E-state index is 12.2. The molecule has 0 atom stereocenters. The third kappa shape index (κ3) is 3.37. The van der Waals surface area contributed by atoms with Gasteiger partial charge in [0.05, 0.1) is 0 Å². The molecule has 0 radical (unpaired) electrons. The van der Waals surface area contributed by atoms with Gasteiger partial charge in [-0.2, -0.15) is 0 Å². The van der Waals surface area contributed by atoms with Crippen molar-refractivity contribution in [2.75, 3.05) is 0 Å². The van der Waals surface area contributed by atoms with Gasteiger partial charge >= 0.3 is 59.9 Å². The minimum atomic E-state index is -0.155. The SMILES string of the molecule is Fc1ccc[c]([Mg+])c1.[I-]. The maximum absolute atomic E-state index is 12.2. The molecule has 0 spiro atoms. The Kier molecular flexibility index (Phi) is 4.78. The van der Waals surface area contributed by atoms with Crippen molar-refractivity contribution in [3.8, 4) is 0 Å². The first-order chi connectivity index (χ1) is 3.79. The van der Waals surface area contributed by atoms with Gasteiger partial charge in [-0.25, -0.2) is 0 Å². The van der Waals surface area contributed by atoms with Crippen molar-refractivity contribution in [2.45, 2.75) is 0 Å². The molecule has 1 aromatic carbocycles. The van der Waals surface area contributed by atoms with E-state index in [9.17, 15) is 4.39 Å². The summed E-state index contributed by atoms with van der Waals surface area (Å²) in [5.41, 5.74) is 0. The fourth-order valence-corrected chi connectivity index (χ4v) is 0.868. The molecular weight excluding hydrogens is 242 g/mol. The molecule has 44 valence electrons. The van der Waals surface area contributed by atoms with E-state index in [1.54, 1.807) is 27.8 Å². The summed E-state index contributed by atoms with van der Waals surface area (Å²) in [6.45, 7) is 0. The first-order valence-electron chi connectivity index (χ1n) is 2.36. The van der Waals surface area contributed by atoms with Gasteiger partial charge < -0.3 is 24.0 Å². The number of hydrogen-bond acceptors (Lipinski definition) is 0. The van der Waals surface area contributed by atoms with E-state index in [2.05, 4.69) is 0 Å². The minimum absolute atomic E-state index is 0. The van der Waals surface area contributed by atoms with E-state index in [1.807, 2.05) is 6.07 Å². The molecule has 0 fully saturated rings. The van der Waals surface area contributed by atoms with Crippen LogP contribution >= 0.6 is 0 Å². The molecule has 1 rings (SSSR count). The Balaban J connectivity index is 0.000000640. The second-order valence-electron chi connectivity index (χ2n) is 1.63. The Hall–Kier alpha value is 0.646. The largest absolute Gasteiger partial charge is 1.00 e. The molecule has 3 heteroatoms. The van der Waals surface area contributed by atoms with Crippen LogP contribution in [0, 0.1) is 5.82 Å². The summed E-state index contributed by atoms with van der Waals surface area (Å²) in [4.78, 5) is 0. The number of rotatable bonds is 0. The first kappa shape index (κ1) is 9.65. The van der Waals surface area contributed by atoms with Crippen LogP contribution < -0.4 is 27.7 Å². The molecule has 0 bridgehead atoms. The van der Waals surface area contributed by atoms with Crippen molar-refractivity contribution in [3.05, 3.63) is 30.1 Å². The van der Waals surface area contributed by atoms with E-state index in [0.29, 0.717) is 0 Å². The van der Waals surface area contributed by atoms with Gasteiger partial charge in [-0.15, -0.1) is 0 Å². The van der Waals surface area contributed by atoms with Crippen molar-refractivity contribution in [3.63, 3.8) is 0 Å². The fraction of sp³-hybridized carbons (Fsp3) is 0. The van der Waals surface area contributed by atoms with Crippen molar-refractivity contribution in [2.24, 2.45) is 0 Å². The molecule has 1 aromatic rings. The Morgan fingerprint density at radius 1 is 1.33 bits per heavy atom. The van der Waals surface area contributed by atoms with Crippen LogP contribution in [0.4, 0.5) is 4.39 Å². The molecule has 0 aromatic heterocycles. The van der Waals surface area contributed by atoms with Crippen molar-refractivity contribution in [1.82, 2.24) is 0 Å². The smallest absolute Gasteiger partial charge is 1.00 e. The zero-order valence-corrected chi connectivity index (χ0v) is 8.34. The molecule has 0 saturated heterocycles. The molecule has 0 N–H and O–H groups in total. The normalized spacial score (nSPS) is 8.33. The van der Waals surface area contributed by atoms with Crippen LogP contribution in [0.3, 0.4) is 0 Å². The van der Waals surface area contributed by atoms with Gasteiger partial charge in [0.15, 0.2) is 0 Å². The predicted molar refractivity (Wildman–Crippen MR) is 31.8 cm³/mol. The maximum Gasteiger partial charge on any atom is -1.00 e. The van der Waals surface area contributed by atoms with E-state index < -0.39 is 0 Å². The zero-order valence-electron chi connectivity index (χ0n) is 4.77. The molecule has 0 aliphatic carbocycles. The summed E-state index contributed by atoms with van der Waals surface area (Å²) in [5.74, 6) is -0.155. The number of hydrogen-bond donors (Lipinski definition) is 0. The molecular formula is C6H4FIMg. The fourth-order valence-electron chi connectivity index (χ4n) is 0.537. The van der Waals surface area contributed by atoms with Crippen LogP contribution in [0.5, 0.6) is 0 Å². The molecule has 0 amide bonds. The van der Waals surface area contributed by atoms with Crippen molar-refractivity contribution >= 4 is 25.4 Å². The van der Waals surface area contributed by atoms with E-state index in [0.717, 1.165) is 3.69 Å². The summed E-state index contributed by atoms with van der Waals surface area (Å²) in [7, 11) is 0. The van der Waals surface area contributed by atoms with Crippen LogP contribution in [0.25, 0.3) is 0 Å². The Labute approximate surface area is 83.3 Å². The van der Waals surface area contributed by atoms with E-state index in [1.165, 1.54) is 12.1 Å². The van der Waals surface area contributed by atoms with Crippen LogP contribution in [0.1, 0.15) is 0 Å². The van der Waals surface area contributed by atoms with Crippen molar-refractivity contribution in [1.29, 1.82) is 0 Å². The van der Waals surface area contributed by atoms with E-state index in [4.69, 9.17) is 0 Å². The van der Waals surface area contributed by atoms with Crippen LogP contribution in [-0.2, 0) is 0 Å². The molecule has 0 unspecified atom stereocenters. The average Bonchev–Trinajstić information content (AvgIpc) is 1.64. The van der Waals surface area contributed by atoms with E-state index in [-0.39, 0.29) is 29.8 Å². The summed E-state index contributed by atoms with van der Waals surface area (Å²) >= 11 is 1.68. The van der Waals surface area contributed by atoms with Crippen molar-refractivity contribution < 1.29 is 28.4 Å². The summed E-state index contributed by atoms with van der Waals surface area (Å²) in [5, 5.41) is 0. The van der Waals surface area contributed by atoms with Gasteiger partial charge in [0, 0.05) is 0 Å². The quantitative estimate of drug-likeness (QED) is 0.354. The van der Waals surface area contributed by atoms with E-state index >= 15 is 0 Å². The minimum Gasteiger partial charge on any atom is -1.00 e. The molecule has 0 aliphatic rings. The van der Waals surface area contributed by atoms with Gasteiger partial charge in [0.1, 0.15) is 0 Å². The third-order valence-electron chi connectivity index (χ3n) is 0.889. The Morgan fingerprint density at radius 3 is 2.33 bits per heavy atom. The standard InChI is InChI=1S/C6H4F.HI.Mg/c7-6-4-2-1-3-5-6;;/h1-2,4-5H;1H;/q;;+1/p-1. The number of benzene rings is 1. The molecule has 0 saturated carbocycles. The summed E-state index contributed by atoms with van der Waals surface area (Å²) in [6, 6.07) is 6.54. The van der Waals surface area contributed by atoms with Gasteiger partial charge in [-0.3, -0.25) is 0 Å².